The molecule has 128 valence electrons. The van der Waals surface area contributed by atoms with E-state index in [1.54, 1.807) is 18.7 Å². The average Bonchev–Trinajstić information content (AvgIpc) is 3.00. The van der Waals surface area contributed by atoms with Crippen LogP contribution in [-0.4, -0.2) is 47.4 Å². The molecule has 1 aliphatic rings. The number of urea groups is 1. The molecule has 0 bridgehead atoms. The molecule has 0 spiro atoms. The highest BCUT2D eigenvalue weighted by molar-refractivity contribution is 5.74. The number of benzene rings is 1. The molecule has 1 aromatic carbocycles. The molecule has 0 saturated carbocycles. The van der Waals surface area contributed by atoms with Crippen LogP contribution in [0.15, 0.2) is 30.3 Å². The van der Waals surface area contributed by atoms with Crippen molar-refractivity contribution in [1.29, 1.82) is 0 Å². The third-order valence-corrected chi connectivity index (χ3v) is 4.10. The van der Waals surface area contributed by atoms with Gasteiger partial charge in [-0.05, 0) is 32.8 Å². The molecule has 1 fully saturated rings. The van der Waals surface area contributed by atoms with E-state index in [-0.39, 0.29) is 18.6 Å². The summed E-state index contributed by atoms with van der Waals surface area (Å²) in [5, 5.41) is 13.2. The van der Waals surface area contributed by atoms with Crippen LogP contribution in [0, 0.1) is 5.92 Å². The normalized spacial score (nSPS) is 19.4. The topological polar surface area (TPSA) is 61.8 Å². The number of amides is 2. The average molecular weight is 320 g/mol. The van der Waals surface area contributed by atoms with E-state index in [1.807, 2.05) is 37.3 Å². The summed E-state index contributed by atoms with van der Waals surface area (Å²) in [5.41, 5.74) is 0.106. The summed E-state index contributed by atoms with van der Waals surface area (Å²) < 4.78 is 5.39. The summed E-state index contributed by atoms with van der Waals surface area (Å²) in [6.07, 6.45) is 0.978. The SMILES string of the molecule is CC(NC(=O)N(Cc1ccccc1)CC(C)(C)O)C1CCOC1. The fourth-order valence-electron chi connectivity index (χ4n) is 2.82. The highest BCUT2D eigenvalue weighted by Crippen LogP contribution is 2.17. The van der Waals surface area contributed by atoms with E-state index in [4.69, 9.17) is 4.74 Å². The first-order chi connectivity index (χ1) is 10.8. The minimum atomic E-state index is -0.939. The molecular weight excluding hydrogens is 292 g/mol. The Morgan fingerprint density at radius 2 is 2.13 bits per heavy atom. The van der Waals surface area contributed by atoms with Gasteiger partial charge in [-0.15, -0.1) is 0 Å². The third-order valence-electron chi connectivity index (χ3n) is 4.10. The van der Waals surface area contributed by atoms with Gasteiger partial charge in [0.1, 0.15) is 0 Å². The van der Waals surface area contributed by atoms with E-state index in [0.717, 1.165) is 18.6 Å². The van der Waals surface area contributed by atoms with E-state index >= 15 is 0 Å². The molecule has 5 heteroatoms. The zero-order valence-corrected chi connectivity index (χ0v) is 14.3. The molecular formula is C18H28N2O3. The molecule has 0 aromatic heterocycles. The van der Waals surface area contributed by atoms with Gasteiger partial charge in [0.05, 0.1) is 18.8 Å². The fourth-order valence-corrected chi connectivity index (χ4v) is 2.82. The quantitative estimate of drug-likeness (QED) is 0.846. The lowest BCUT2D eigenvalue weighted by Crippen LogP contribution is -2.50. The standard InChI is InChI=1S/C18H28N2O3/c1-14(16-9-10-23-12-16)19-17(21)20(13-18(2,3)22)11-15-7-5-4-6-8-15/h4-8,14,16,22H,9-13H2,1-3H3,(H,19,21). The van der Waals surface area contributed by atoms with Gasteiger partial charge in [-0.3, -0.25) is 0 Å². The van der Waals surface area contributed by atoms with E-state index in [9.17, 15) is 9.90 Å². The Labute approximate surface area is 138 Å². The number of nitrogens with one attached hydrogen (secondary N) is 1. The number of hydrogen-bond acceptors (Lipinski definition) is 3. The summed E-state index contributed by atoms with van der Waals surface area (Å²) in [7, 11) is 0. The van der Waals surface area contributed by atoms with Crippen molar-refractivity contribution >= 4 is 6.03 Å². The van der Waals surface area contributed by atoms with Gasteiger partial charge < -0.3 is 20.1 Å². The van der Waals surface area contributed by atoms with E-state index in [0.29, 0.717) is 19.1 Å². The predicted octanol–water partition coefficient (Wildman–Crippen LogP) is 2.39. The van der Waals surface area contributed by atoms with Gasteiger partial charge in [0.25, 0.3) is 0 Å². The Balaban J connectivity index is 2.01. The van der Waals surface area contributed by atoms with Gasteiger partial charge in [0, 0.05) is 25.1 Å². The first kappa shape index (κ1) is 17.8. The first-order valence-corrected chi connectivity index (χ1v) is 8.24. The second-order valence-electron chi connectivity index (χ2n) is 7.02. The summed E-state index contributed by atoms with van der Waals surface area (Å²) >= 11 is 0. The molecule has 2 unspecified atom stereocenters. The van der Waals surface area contributed by atoms with Crippen LogP contribution in [0.3, 0.4) is 0 Å². The highest BCUT2D eigenvalue weighted by Gasteiger charge is 2.27. The Hall–Kier alpha value is -1.59. The van der Waals surface area contributed by atoms with Crippen molar-refractivity contribution < 1.29 is 14.6 Å². The van der Waals surface area contributed by atoms with Gasteiger partial charge in [-0.2, -0.15) is 0 Å². The highest BCUT2D eigenvalue weighted by atomic mass is 16.5. The smallest absolute Gasteiger partial charge is 0.318 e. The lowest BCUT2D eigenvalue weighted by atomic mass is 10.0. The molecule has 2 rings (SSSR count). The summed E-state index contributed by atoms with van der Waals surface area (Å²) in [4.78, 5) is 14.3. The second kappa shape index (κ2) is 7.79. The Kier molecular flexibility index (Phi) is 6.02. The molecule has 0 radical (unpaired) electrons. The number of aliphatic hydroxyl groups is 1. The number of ether oxygens (including phenoxy) is 1. The molecule has 1 aromatic rings. The Morgan fingerprint density at radius 1 is 1.43 bits per heavy atom. The maximum atomic E-state index is 12.7. The van der Waals surface area contributed by atoms with Crippen molar-refractivity contribution in [2.24, 2.45) is 5.92 Å². The van der Waals surface area contributed by atoms with Gasteiger partial charge in [0.2, 0.25) is 0 Å². The number of hydrogen-bond donors (Lipinski definition) is 2. The maximum Gasteiger partial charge on any atom is 0.318 e. The van der Waals surface area contributed by atoms with Crippen molar-refractivity contribution in [3.63, 3.8) is 0 Å². The minimum absolute atomic E-state index is 0.0603. The van der Waals surface area contributed by atoms with Crippen LogP contribution >= 0.6 is 0 Å². The summed E-state index contributed by atoms with van der Waals surface area (Å²) in [6.45, 7) is 7.67. The van der Waals surface area contributed by atoms with Gasteiger partial charge >= 0.3 is 6.03 Å². The van der Waals surface area contributed by atoms with Crippen molar-refractivity contribution in [1.82, 2.24) is 10.2 Å². The number of carbonyl (C=O) groups is 1. The lowest BCUT2D eigenvalue weighted by molar-refractivity contribution is 0.0438. The predicted molar refractivity (Wildman–Crippen MR) is 90.1 cm³/mol. The van der Waals surface area contributed by atoms with Crippen molar-refractivity contribution in [2.75, 3.05) is 19.8 Å². The molecule has 23 heavy (non-hydrogen) atoms. The zero-order valence-electron chi connectivity index (χ0n) is 14.3. The molecule has 0 aliphatic carbocycles. The van der Waals surface area contributed by atoms with Crippen molar-refractivity contribution in [3.05, 3.63) is 35.9 Å². The van der Waals surface area contributed by atoms with Crippen LogP contribution in [0.5, 0.6) is 0 Å². The summed E-state index contributed by atoms with van der Waals surface area (Å²) in [5.74, 6) is 0.361. The lowest BCUT2D eigenvalue weighted by Gasteiger charge is -2.31. The number of carbonyl (C=O) groups excluding carboxylic acids is 1. The van der Waals surface area contributed by atoms with E-state index in [2.05, 4.69) is 5.32 Å². The zero-order chi connectivity index (χ0) is 16.9. The molecule has 1 aliphatic heterocycles. The van der Waals surface area contributed by atoms with Gasteiger partial charge in [-0.1, -0.05) is 30.3 Å². The molecule has 2 N–H and O–H groups in total. The first-order valence-electron chi connectivity index (χ1n) is 8.24. The van der Waals surface area contributed by atoms with Gasteiger partial charge in [0.15, 0.2) is 0 Å². The maximum absolute atomic E-state index is 12.7. The number of rotatable bonds is 6. The van der Waals surface area contributed by atoms with Crippen molar-refractivity contribution in [3.8, 4) is 0 Å². The van der Waals surface area contributed by atoms with Crippen LogP contribution in [0.25, 0.3) is 0 Å². The largest absolute Gasteiger partial charge is 0.389 e. The third kappa shape index (κ3) is 5.84. The summed E-state index contributed by atoms with van der Waals surface area (Å²) in [6, 6.07) is 9.74. The van der Waals surface area contributed by atoms with Crippen LogP contribution in [0.1, 0.15) is 32.8 Å². The Bertz CT molecular complexity index is 493. The van der Waals surface area contributed by atoms with E-state index in [1.165, 1.54) is 0 Å². The van der Waals surface area contributed by atoms with Gasteiger partial charge in [-0.25, -0.2) is 4.79 Å². The molecule has 1 saturated heterocycles. The molecule has 2 amide bonds. The fraction of sp³-hybridized carbons (Fsp3) is 0.611. The van der Waals surface area contributed by atoms with Crippen molar-refractivity contribution in [2.45, 2.75) is 45.4 Å². The van der Waals surface area contributed by atoms with Crippen LogP contribution in [0.4, 0.5) is 4.79 Å². The van der Waals surface area contributed by atoms with Crippen LogP contribution in [0.2, 0.25) is 0 Å². The van der Waals surface area contributed by atoms with Crippen LogP contribution in [-0.2, 0) is 11.3 Å². The Morgan fingerprint density at radius 3 is 2.70 bits per heavy atom. The second-order valence-corrected chi connectivity index (χ2v) is 7.02. The van der Waals surface area contributed by atoms with Crippen LogP contribution < -0.4 is 5.32 Å². The number of nitrogens with zero attached hydrogens (tertiary/aromatic N) is 1. The molecule has 2 atom stereocenters. The molecule has 5 nitrogen and oxygen atoms in total. The molecule has 1 heterocycles. The van der Waals surface area contributed by atoms with E-state index < -0.39 is 5.60 Å². The monoisotopic (exact) mass is 320 g/mol. The minimum Gasteiger partial charge on any atom is -0.389 e.